The molecule has 0 bridgehead atoms. The molecule has 8 nitrogen and oxygen atoms in total. The van der Waals surface area contributed by atoms with E-state index in [1.807, 2.05) is 5.32 Å². The van der Waals surface area contributed by atoms with Crippen molar-refractivity contribution >= 4 is 22.0 Å². The summed E-state index contributed by atoms with van der Waals surface area (Å²) < 4.78 is 71.5. The topological polar surface area (TPSA) is 114 Å². The molecular weight excluding hydrogens is 415 g/mol. The molecule has 1 aliphatic rings. The second kappa shape index (κ2) is 7.72. The van der Waals surface area contributed by atoms with Crippen LogP contribution in [0.15, 0.2) is 53.4 Å². The van der Waals surface area contributed by atoms with E-state index in [0.29, 0.717) is 0 Å². The molecule has 0 aromatic heterocycles. The Kier molecular flexibility index (Phi) is 5.48. The van der Waals surface area contributed by atoms with Crippen molar-refractivity contribution in [2.75, 3.05) is 6.54 Å². The molecule has 12 heteroatoms. The first-order chi connectivity index (χ1) is 13.6. The van der Waals surface area contributed by atoms with Crippen molar-refractivity contribution in [2.24, 2.45) is 0 Å². The molecule has 2 aromatic rings. The predicted molar refractivity (Wildman–Crippen MR) is 93.6 cm³/mol. The maximum absolute atomic E-state index is 13.1. The van der Waals surface area contributed by atoms with Crippen molar-refractivity contribution in [1.82, 2.24) is 15.4 Å². The highest BCUT2D eigenvalue weighted by Crippen LogP contribution is 2.38. The molecule has 3 N–H and O–H groups in total. The zero-order valence-corrected chi connectivity index (χ0v) is 15.3. The van der Waals surface area contributed by atoms with E-state index in [1.54, 1.807) is 0 Å². The number of hydrogen-bond acceptors (Lipinski definition) is 5. The van der Waals surface area contributed by atoms with Gasteiger partial charge in [-0.3, -0.25) is 10.1 Å². The van der Waals surface area contributed by atoms with E-state index >= 15 is 0 Å². The van der Waals surface area contributed by atoms with E-state index in [4.69, 9.17) is 4.74 Å². The summed E-state index contributed by atoms with van der Waals surface area (Å²) in [5.74, 6) is -1.29. The molecule has 1 aliphatic heterocycles. The van der Waals surface area contributed by atoms with E-state index < -0.39 is 52.0 Å². The van der Waals surface area contributed by atoms with Gasteiger partial charge in [0.15, 0.2) is 0 Å². The molecule has 154 valence electrons. The van der Waals surface area contributed by atoms with E-state index in [1.165, 1.54) is 30.3 Å². The number of alkyl halides is 3. The van der Waals surface area contributed by atoms with Gasteiger partial charge >= 0.3 is 12.2 Å². The third kappa shape index (κ3) is 4.84. The van der Waals surface area contributed by atoms with Crippen molar-refractivity contribution in [3.63, 3.8) is 0 Å². The van der Waals surface area contributed by atoms with Gasteiger partial charge in [-0.2, -0.15) is 13.2 Å². The summed E-state index contributed by atoms with van der Waals surface area (Å²) in [4.78, 5) is 22.2. The second-order valence-electron chi connectivity index (χ2n) is 5.94. The number of sulfonamides is 1. The molecule has 3 amide bonds. The third-order valence-corrected chi connectivity index (χ3v) is 5.29. The summed E-state index contributed by atoms with van der Waals surface area (Å²) in [5.41, 5.74) is -1.01. The number of amides is 3. The molecule has 1 saturated heterocycles. The highest BCUT2D eigenvalue weighted by molar-refractivity contribution is 7.89. The van der Waals surface area contributed by atoms with Crippen LogP contribution in [0.2, 0.25) is 0 Å². The summed E-state index contributed by atoms with van der Waals surface area (Å²) in [5, 5.41) is 4.20. The molecule has 0 saturated carbocycles. The fourth-order valence-corrected chi connectivity index (χ4v) is 3.58. The lowest BCUT2D eigenvalue weighted by atomic mass is 10.2. The number of para-hydroxylation sites is 1. The minimum atomic E-state index is -4.64. The van der Waals surface area contributed by atoms with Crippen LogP contribution < -0.4 is 20.1 Å². The van der Waals surface area contributed by atoms with Gasteiger partial charge in [0.1, 0.15) is 17.5 Å². The Hall–Kier alpha value is -3.12. The zero-order chi connectivity index (χ0) is 21.2. The van der Waals surface area contributed by atoms with Crippen LogP contribution in [0.3, 0.4) is 0 Å². The van der Waals surface area contributed by atoms with E-state index in [0.717, 1.165) is 18.2 Å². The van der Waals surface area contributed by atoms with Gasteiger partial charge in [-0.1, -0.05) is 18.2 Å². The van der Waals surface area contributed by atoms with Crippen molar-refractivity contribution in [3.8, 4) is 11.5 Å². The first-order valence-electron chi connectivity index (χ1n) is 8.11. The normalized spacial score (nSPS) is 17.0. The minimum absolute atomic E-state index is 0.128. The lowest BCUT2D eigenvalue weighted by Crippen LogP contribution is -2.41. The Labute approximate surface area is 163 Å². The average Bonchev–Trinajstić information content (AvgIpc) is 2.97. The minimum Gasteiger partial charge on any atom is -0.457 e. The van der Waals surface area contributed by atoms with Gasteiger partial charge in [0.25, 0.3) is 5.91 Å². The number of halogens is 3. The number of urea groups is 1. The molecule has 29 heavy (non-hydrogen) atoms. The highest BCUT2D eigenvalue weighted by atomic mass is 32.2. The van der Waals surface area contributed by atoms with Gasteiger partial charge in [-0.05, 0) is 24.3 Å². The smallest absolute Gasteiger partial charge is 0.419 e. The second-order valence-corrected chi connectivity index (χ2v) is 7.70. The van der Waals surface area contributed by atoms with Gasteiger partial charge in [0.05, 0.1) is 10.5 Å². The summed E-state index contributed by atoms with van der Waals surface area (Å²) in [6.07, 6.45) is -4.64. The molecule has 1 heterocycles. The van der Waals surface area contributed by atoms with Crippen LogP contribution in [0.25, 0.3) is 0 Å². The SMILES string of the molecule is O=C1NC(=O)C(CNS(=O)(=O)c2cccc(Oc3ccccc3C(F)(F)F)c2)N1. The average molecular weight is 429 g/mol. The Morgan fingerprint density at radius 3 is 2.45 bits per heavy atom. The zero-order valence-electron chi connectivity index (χ0n) is 14.5. The Morgan fingerprint density at radius 2 is 1.79 bits per heavy atom. The molecule has 1 atom stereocenters. The maximum Gasteiger partial charge on any atom is 0.419 e. The van der Waals surface area contributed by atoms with Gasteiger partial charge < -0.3 is 10.1 Å². The molecule has 1 fully saturated rings. The standard InChI is InChI=1S/C17H14F3N3O5S/c18-17(19,20)12-6-1-2-7-14(12)28-10-4-3-5-11(8-10)29(26,27)21-9-13-15(24)23-16(25)22-13/h1-8,13,21H,9H2,(H2,22,23,24,25). The number of benzene rings is 2. The number of carbonyl (C=O) groups is 2. The van der Waals surface area contributed by atoms with E-state index in [2.05, 4.69) is 10.0 Å². The third-order valence-electron chi connectivity index (χ3n) is 3.87. The Morgan fingerprint density at radius 1 is 1.07 bits per heavy atom. The number of rotatable bonds is 6. The first-order valence-corrected chi connectivity index (χ1v) is 9.60. The van der Waals surface area contributed by atoms with Crippen LogP contribution >= 0.6 is 0 Å². The number of carbonyl (C=O) groups excluding carboxylic acids is 2. The van der Waals surface area contributed by atoms with E-state index in [9.17, 15) is 31.2 Å². The monoisotopic (exact) mass is 429 g/mol. The van der Waals surface area contributed by atoms with Crippen molar-refractivity contribution in [3.05, 3.63) is 54.1 Å². The fourth-order valence-electron chi connectivity index (χ4n) is 2.50. The summed E-state index contributed by atoms with van der Waals surface area (Å²) in [6.45, 7) is -0.401. The van der Waals surface area contributed by atoms with Crippen LogP contribution in [0, 0.1) is 0 Å². The van der Waals surface area contributed by atoms with Gasteiger partial charge in [0.2, 0.25) is 10.0 Å². The quantitative estimate of drug-likeness (QED) is 0.608. The summed E-state index contributed by atoms with van der Waals surface area (Å²) >= 11 is 0. The molecular formula is C17H14F3N3O5S. The van der Waals surface area contributed by atoms with Gasteiger partial charge in [0, 0.05) is 12.6 Å². The molecule has 0 spiro atoms. The summed E-state index contributed by atoms with van der Waals surface area (Å²) in [7, 11) is -4.13. The lowest BCUT2D eigenvalue weighted by Gasteiger charge is -2.14. The van der Waals surface area contributed by atoms with Crippen LogP contribution in [0.4, 0.5) is 18.0 Å². The molecule has 3 rings (SSSR count). The highest BCUT2D eigenvalue weighted by Gasteiger charge is 2.34. The first kappa shape index (κ1) is 20.6. The van der Waals surface area contributed by atoms with Gasteiger partial charge in [-0.15, -0.1) is 0 Å². The fraction of sp³-hybridized carbons (Fsp3) is 0.176. The number of imide groups is 1. The molecule has 0 radical (unpaired) electrons. The summed E-state index contributed by atoms with van der Waals surface area (Å²) in [6, 6.07) is 7.56. The van der Waals surface area contributed by atoms with Crippen molar-refractivity contribution < 1.29 is 35.9 Å². The lowest BCUT2D eigenvalue weighted by molar-refractivity contribution is -0.138. The van der Waals surface area contributed by atoms with Crippen LogP contribution in [-0.2, 0) is 21.0 Å². The van der Waals surface area contributed by atoms with Crippen molar-refractivity contribution in [2.45, 2.75) is 17.1 Å². The number of ether oxygens (including phenoxy) is 1. The van der Waals surface area contributed by atoms with Gasteiger partial charge in [-0.25, -0.2) is 17.9 Å². The maximum atomic E-state index is 13.1. The van der Waals surface area contributed by atoms with Crippen molar-refractivity contribution in [1.29, 1.82) is 0 Å². The Balaban J connectivity index is 1.77. The number of hydrogen-bond donors (Lipinski definition) is 3. The number of nitrogens with one attached hydrogen (secondary N) is 3. The van der Waals surface area contributed by atoms with E-state index in [-0.39, 0.29) is 10.6 Å². The largest absolute Gasteiger partial charge is 0.457 e. The van der Waals surface area contributed by atoms with Crippen LogP contribution in [0.1, 0.15) is 5.56 Å². The predicted octanol–water partition coefficient (Wildman–Crippen LogP) is 1.98. The van der Waals surface area contributed by atoms with Crippen LogP contribution in [-0.4, -0.2) is 32.9 Å². The molecule has 0 aliphatic carbocycles. The molecule has 2 aromatic carbocycles. The Bertz CT molecular complexity index is 1060. The molecule has 1 unspecified atom stereocenters. The van der Waals surface area contributed by atoms with Crippen LogP contribution in [0.5, 0.6) is 11.5 Å².